The van der Waals surface area contributed by atoms with E-state index in [1.54, 1.807) is 12.3 Å². The van der Waals surface area contributed by atoms with E-state index in [2.05, 4.69) is 26.0 Å². The molecule has 26 heavy (non-hydrogen) atoms. The molecule has 0 saturated carbocycles. The van der Waals surface area contributed by atoms with Crippen molar-refractivity contribution in [1.82, 2.24) is 15.2 Å². The number of piperidine rings is 1. The monoisotopic (exact) mass is 357 g/mol. The summed E-state index contributed by atoms with van der Waals surface area (Å²) in [4.78, 5) is 30.1. The van der Waals surface area contributed by atoms with E-state index in [9.17, 15) is 9.59 Å². The Balaban J connectivity index is 1.55. The number of methoxy groups -OCH3 is 1. The zero-order valence-electron chi connectivity index (χ0n) is 14.8. The van der Waals surface area contributed by atoms with Gasteiger partial charge in [-0.2, -0.15) is 0 Å². The van der Waals surface area contributed by atoms with Crippen LogP contribution in [0.25, 0.3) is 0 Å². The number of carbonyl (C=O) groups excluding carboxylic acids is 2. The number of aromatic nitrogens is 1. The molecule has 0 bridgehead atoms. The molecule has 3 heterocycles. The first kappa shape index (κ1) is 18.1. The number of ether oxygens (including phenoxy) is 1. The predicted octanol–water partition coefficient (Wildman–Crippen LogP) is 2.30. The van der Waals surface area contributed by atoms with Crippen LogP contribution in [0.2, 0.25) is 0 Å². The van der Waals surface area contributed by atoms with Crippen LogP contribution >= 0.6 is 0 Å². The van der Waals surface area contributed by atoms with Gasteiger partial charge in [-0.15, -0.1) is 0 Å². The van der Waals surface area contributed by atoms with Crippen molar-refractivity contribution in [3.63, 3.8) is 0 Å². The van der Waals surface area contributed by atoms with E-state index in [1.165, 1.54) is 13.2 Å². The van der Waals surface area contributed by atoms with Gasteiger partial charge in [0.15, 0.2) is 0 Å². The molecule has 0 unspecified atom stereocenters. The molecule has 1 N–H and O–H groups in total. The maximum atomic E-state index is 12.4. The van der Waals surface area contributed by atoms with Gasteiger partial charge in [-0.3, -0.25) is 14.7 Å². The van der Waals surface area contributed by atoms with E-state index in [0.29, 0.717) is 12.3 Å². The molecular weight excluding hydrogens is 334 g/mol. The van der Waals surface area contributed by atoms with Crippen molar-refractivity contribution >= 4 is 11.9 Å². The molecule has 0 radical (unpaired) electrons. The van der Waals surface area contributed by atoms with Gasteiger partial charge in [-0.25, -0.2) is 4.79 Å². The second-order valence-corrected chi connectivity index (χ2v) is 6.30. The third-order valence-electron chi connectivity index (χ3n) is 4.54. The largest absolute Gasteiger partial charge is 0.463 e. The second-order valence-electron chi connectivity index (χ2n) is 6.30. The molecule has 0 spiro atoms. The third-order valence-corrected chi connectivity index (χ3v) is 4.54. The zero-order valence-corrected chi connectivity index (χ0v) is 14.8. The Labute approximate surface area is 152 Å². The molecule has 1 aliphatic rings. The van der Waals surface area contributed by atoms with Crippen molar-refractivity contribution in [3.05, 3.63) is 53.7 Å². The summed E-state index contributed by atoms with van der Waals surface area (Å²) in [5, 5.41) is 2.85. The number of esters is 1. The molecule has 1 amide bonds. The summed E-state index contributed by atoms with van der Waals surface area (Å²) in [5.41, 5.74) is 1.15. The van der Waals surface area contributed by atoms with Crippen LogP contribution in [0.5, 0.6) is 0 Å². The lowest BCUT2D eigenvalue weighted by atomic mass is 9.96. The van der Waals surface area contributed by atoms with Crippen molar-refractivity contribution < 1.29 is 18.7 Å². The summed E-state index contributed by atoms with van der Waals surface area (Å²) in [5.74, 6) is 0.0395. The van der Waals surface area contributed by atoms with Crippen molar-refractivity contribution in [2.24, 2.45) is 0 Å². The molecule has 1 aliphatic heterocycles. The summed E-state index contributed by atoms with van der Waals surface area (Å²) in [6.07, 6.45) is 6.90. The van der Waals surface area contributed by atoms with Crippen molar-refractivity contribution in [2.75, 3.05) is 20.2 Å². The SMILES string of the molecule is COC(=O)c1ccc(CNC(=O)CN2CCCC[C@@H]2c2cccnc2)o1. The number of carbonyl (C=O) groups is 2. The van der Waals surface area contributed by atoms with Crippen LogP contribution in [0, 0.1) is 0 Å². The van der Waals surface area contributed by atoms with E-state index in [4.69, 9.17) is 4.42 Å². The normalized spacial score (nSPS) is 17.7. The Hall–Kier alpha value is -2.67. The fraction of sp³-hybridized carbons (Fsp3) is 0.421. The first-order chi connectivity index (χ1) is 12.7. The minimum atomic E-state index is -0.532. The lowest BCUT2D eigenvalue weighted by Gasteiger charge is -2.35. The van der Waals surface area contributed by atoms with Crippen LogP contribution in [0.4, 0.5) is 0 Å². The molecule has 3 rings (SSSR count). The highest BCUT2D eigenvalue weighted by Gasteiger charge is 2.25. The second kappa shape index (κ2) is 8.62. The minimum absolute atomic E-state index is 0.0724. The number of likely N-dealkylation sites (tertiary alicyclic amines) is 1. The molecule has 7 heteroatoms. The Morgan fingerprint density at radius 2 is 2.23 bits per heavy atom. The summed E-state index contributed by atoms with van der Waals surface area (Å²) >= 11 is 0. The predicted molar refractivity (Wildman–Crippen MR) is 94.3 cm³/mol. The lowest BCUT2D eigenvalue weighted by molar-refractivity contribution is -0.123. The van der Waals surface area contributed by atoms with Gasteiger partial charge in [0.25, 0.3) is 0 Å². The molecule has 7 nitrogen and oxygen atoms in total. The zero-order chi connectivity index (χ0) is 18.4. The summed E-state index contributed by atoms with van der Waals surface area (Å²) < 4.78 is 9.95. The average molecular weight is 357 g/mol. The van der Waals surface area contributed by atoms with Crippen LogP contribution in [-0.4, -0.2) is 42.0 Å². The summed E-state index contributed by atoms with van der Waals surface area (Å²) in [7, 11) is 1.30. The van der Waals surface area contributed by atoms with E-state index >= 15 is 0 Å². The number of hydrogen-bond donors (Lipinski definition) is 1. The highest BCUT2D eigenvalue weighted by Crippen LogP contribution is 2.29. The van der Waals surface area contributed by atoms with Crippen LogP contribution in [0.3, 0.4) is 0 Å². The van der Waals surface area contributed by atoms with Crippen molar-refractivity contribution in [3.8, 4) is 0 Å². The molecule has 138 valence electrons. The van der Waals surface area contributed by atoms with Gasteiger partial charge < -0.3 is 14.5 Å². The lowest BCUT2D eigenvalue weighted by Crippen LogP contribution is -2.41. The molecule has 2 aromatic rings. The minimum Gasteiger partial charge on any atom is -0.463 e. The quantitative estimate of drug-likeness (QED) is 0.799. The standard InChI is InChI=1S/C19H23N3O4/c1-25-19(24)17-8-7-15(26-17)12-21-18(23)13-22-10-3-2-6-16(22)14-5-4-9-20-11-14/h4-5,7-9,11,16H,2-3,6,10,12-13H2,1H3,(H,21,23)/t16-/m1/s1. The fourth-order valence-electron chi connectivity index (χ4n) is 3.24. The summed E-state index contributed by atoms with van der Waals surface area (Å²) in [6.45, 7) is 1.45. The van der Waals surface area contributed by atoms with Gasteiger partial charge in [0.1, 0.15) is 5.76 Å². The van der Waals surface area contributed by atoms with Gasteiger partial charge in [-0.05, 0) is 43.1 Å². The summed E-state index contributed by atoms with van der Waals surface area (Å²) in [6, 6.07) is 7.41. The molecule has 0 aliphatic carbocycles. The fourth-order valence-corrected chi connectivity index (χ4v) is 3.24. The first-order valence-corrected chi connectivity index (χ1v) is 8.75. The van der Waals surface area contributed by atoms with Gasteiger partial charge in [0.05, 0.1) is 20.2 Å². The first-order valence-electron chi connectivity index (χ1n) is 8.75. The highest BCUT2D eigenvalue weighted by molar-refractivity contribution is 5.86. The molecule has 1 fully saturated rings. The number of pyridine rings is 1. The van der Waals surface area contributed by atoms with Gasteiger partial charge in [0.2, 0.25) is 11.7 Å². The number of nitrogens with one attached hydrogen (secondary N) is 1. The van der Waals surface area contributed by atoms with Crippen molar-refractivity contribution in [1.29, 1.82) is 0 Å². The number of rotatable bonds is 6. The Kier molecular flexibility index (Phi) is 6.01. The van der Waals surface area contributed by atoms with Crippen LogP contribution < -0.4 is 5.32 Å². The molecule has 0 aromatic carbocycles. The number of amides is 1. The van der Waals surface area contributed by atoms with E-state index in [0.717, 1.165) is 31.4 Å². The third kappa shape index (κ3) is 4.49. The molecule has 2 aromatic heterocycles. The smallest absolute Gasteiger partial charge is 0.373 e. The van der Waals surface area contributed by atoms with Crippen LogP contribution in [0.1, 0.15) is 47.2 Å². The molecule has 1 atom stereocenters. The number of furan rings is 1. The Bertz CT molecular complexity index is 744. The van der Waals surface area contributed by atoms with Gasteiger partial charge in [-0.1, -0.05) is 12.5 Å². The van der Waals surface area contributed by atoms with E-state index in [-0.39, 0.29) is 24.3 Å². The molecular formula is C19H23N3O4. The number of nitrogens with zero attached hydrogens (tertiary/aromatic N) is 2. The van der Waals surface area contributed by atoms with Crippen LogP contribution in [-0.2, 0) is 16.1 Å². The highest BCUT2D eigenvalue weighted by atomic mass is 16.5. The van der Waals surface area contributed by atoms with Gasteiger partial charge in [0, 0.05) is 18.4 Å². The number of hydrogen-bond acceptors (Lipinski definition) is 6. The molecule has 1 saturated heterocycles. The maximum Gasteiger partial charge on any atom is 0.373 e. The van der Waals surface area contributed by atoms with Gasteiger partial charge >= 0.3 is 5.97 Å². The van der Waals surface area contributed by atoms with E-state index in [1.807, 2.05) is 12.3 Å². The Morgan fingerprint density at radius 1 is 1.35 bits per heavy atom. The average Bonchev–Trinajstić information content (AvgIpc) is 3.16. The Morgan fingerprint density at radius 3 is 3.00 bits per heavy atom. The maximum absolute atomic E-state index is 12.4. The van der Waals surface area contributed by atoms with E-state index < -0.39 is 5.97 Å². The van der Waals surface area contributed by atoms with Crippen molar-refractivity contribution in [2.45, 2.75) is 31.8 Å². The van der Waals surface area contributed by atoms with Crippen LogP contribution in [0.15, 0.2) is 41.1 Å². The topological polar surface area (TPSA) is 84.7 Å².